The minimum atomic E-state index is -3.44. The summed E-state index contributed by atoms with van der Waals surface area (Å²) < 4.78 is 31.5. The zero-order valence-electron chi connectivity index (χ0n) is 17.2. The molecular weight excluding hydrogens is 412 g/mol. The predicted octanol–water partition coefficient (Wildman–Crippen LogP) is 4.54. The van der Waals surface area contributed by atoms with Crippen LogP contribution in [-0.2, 0) is 16.4 Å². The van der Waals surface area contributed by atoms with Gasteiger partial charge < -0.3 is 9.84 Å². The van der Waals surface area contributed by atoms with Gasteiger partial charge in [-0.25, -0.2) is 13.1 Å². The lowest BCUT2D eigenvalue weighted by molar-refractivity contribution is 0.278. The lowest BCUT2D eigenvalue weighted by Crippen LogP contribution is -2.06. The first-order chi connectivity index (χ1) is 14.8. The van der Waals surface area contributed by atoms with Crippen molar-refractivity contribution in [3.63, 3.8) is 0 Å². The molecule has 31 heavy (non-hydrogen) atoms. The molecule has 0 spiro atoms. The van der Waals surface area contributed by atoms with Crippen LogP contribution in [0.1, 0.15) is 11.3 Å². The van der Waals surface area contributed by atoms with E-state index in [1.807, 2.05) is 67.6 Å². The molecule has 158 valence electrons. The van der Waals surface area contributed by atoms with Crippen molar-refractivity contribution < 1.29 is 18.3 Å². The van der Waals surface area contributed by atoms with Crippen molar-refractivity contribution in [1.29, 1.82) is 0 Å². The van der Waals surface area contributed by atoms with Gasteiger partial charge in [-0.05, 0) is 73.2 Å². The maximum absolute atomic E-state index is 12.0. The molecule has 1 aromatic heterocycles. The number of aliphatic hydroxyl groups excluding tert-OH is 1. The van der Waals surface area contributed by atoms with Crippen LogP contribution in [0.25, 0.3) is 16.9 Å². The Hall–Kier alpha value is -3.42. The molecular formula is C24H22N2O4S. The molecule has 0 fully saturated rings. The minimum Gasteiger partial charge on any atom is -0.457 e. The van der Waals surface area contributed by atoms with Crippen molar-refractivity contribution in [2.45, 2.75) is 18.4 Å². The van der Waals surface area contributed by atoms with Crippen LogP contribution in [0.5, 0.6) is 11.5 Å². The number of hydrogen-bond acceptors (Lipinski definition) is 5. The van der Waals surface area contributed by atoms with Gasteiger partial charge in [0, 0.05) is 11.8 Å². The van der Waals surface area contributed by atoms with Crippen molar-refractivity contribution in [2.75, 3.05) is 6.26 Å². The molecule has 4 rings (SSSR count). The fraction of sp³-hybridized carbons (Fsp3) is 0.125. The first-order valence-electron chi connectivity index (χ1n) is 9.69. The molecule has 0 saturated carbocycles. The zero-order valence-corrected chi connectivity index (χ0v) is 18.0. The number of ether oxygens (including phenoxy) is 1. The van der Waals surface area contributed by atoms with E-state index in [0.29, 0.717) is 11.3 Å². The highest BCUT2D eigenvalue weighted by molar-refractivity contribution is 7.90. The molecule has 4 aromatic rings. The average molecular weight is 435 g/mol. The van der Waals surface area contributed by atoms with Gasteiger partial charge >= 0.3 is 0 Å². The second-order valence-corrected chi connectivity index (χ2v) is 9.23. The number of aryl methyl sites for hydroxylation is 1. The van der Waals surface area contributed by atoms with E-state index in [-0.39, 0.29) is 11.5 Å². The van der Waals surface area contributed by atoms with Crippen molar-refractivity contribution >= 4 is 9.84 Å². The number of rotatable bonds is 6. The van der Waals surface area contributed by atoms with Gasteiger partial charge in [-0.15, -0.1) is 0 Å². The second-order valence-electron chi connectivity index (χ2n) is 7.24. The highest BCUT2D eigenvalue weighted by Crippen LogP contribution is 2.29. The van der Waals surface area contributed by atoms with E-state index in [2.05, 4.69) is 5.10 Å². The van der Waals surface area contributed by atoms with E-state index < -0.39 is 9.84 Å². The molecule has 3 aromatic carbocycles. The van der Waals surface area contributed by atoms with Gasteiger partial charge in [-0.1, -0.05) is 18.2 Å². The fourth-order valence-electron chi connectivity index (χ4n) is 3.40. The van der Waals surface area contributed by atoms with E-state index in [1.165, 1.54) is 6.07 Å². The van der Waals surface area contributed by atoms with Crippen LogP contribution in [0.2, 0.25) is 0 Å². The van der Waals surface area contributed by atoms with Crippen LogP contribution in [0.4, 0.5) is 0 Å². The Morgan fingerprint density at radius 2 is 1.61 bits per heavy atom. The Labute approximate surface area is 181 Å². The lowest BCUT2D eigenvalue weighted by atomic mass is 10.1. The summed E-state index contributed by atoms with van der Waals surface area (Å²) in [6.45, 7) is 1.52. The Morgan fingerprint density at radius 3 is 2.26 bits per heavy atom. The van der Waals surface area contributed by atoms with Gasteiger partial charge in [0.25, 0.3) is 0 Å². The molecule has 0 amide bonds. The Bertz CT molecular complexity index is 1310. The topological polar surface area (TPSA) is 81.4 Å². The molecule has 7 heteroatoms. The Balaban J connectivity index is 1.69. The van der Waals surface area contributed by atoms with Crippen LogP contribution in [0.3, 0.4) is 0 Å². The standard InChI is InChI=1S/C24H22N2O4S/c1-17-14-23(18-8-11-22(12-9-18)30-21-6-4-3-5-7-21)26(25-17)20-10-13-24(31(2,28)29)19(15-20)16-27/h3-15,27H,16H2,1-2H3. The molecule has 0 aliphatic heterocycles. The van der Waals surface area contributed by atoms with E-state index in [1.54, 1.807) is 16.8 Å². The lowest BCUT2D eigenvalue weighted by Gasteiger charge is -2.12. The van der Waals surface area contributed by atoms with E-state index in [9.17, 15) is 13.5 Å². The number of hydrogen-bond donors (Lipinski definition) is 1. The van der Waals surface area contributed by atoms with Gasteiger partial charge in [0.1, 0.15) is 11.5 Å². The van der Waals surface area contributed by atoms with Crippen molar-refractivity contribution in [3.05, 3.63) is 90.1 Å². The maximum Gasteiger partial charge on any atom is 0.175 e. The summed E-state index contributed by atoms with van der Waals surface area (Å²) in [5, 5.41) is 14.3. The highest BCUT2D eigenvalue weighted by Gasteiger charge is 2.16. The number of nitrogens with zero attached hydrogens (tertiary/aromatic N) is 2. The minimum absolute atomic E-state index is 0.117. The maximum atomic E-state index is 12.0. The quantitative estimate of drug-likeness (QED) is 0.482. The molecule has 0 saturated heterocycles. The third-order valence-electron chi connectivity index (χ3n) is 4.82. The summed E-state index contributed by atoms with van der Waals surface area (Å²) >= 11 is 0. The number of aliphatic hydroxyl groups is 1. The fourth-order valence-corrected chi connectivity index (χ4v) is 4.32. The van der Waals surface area contributed by atoms with E-state index in [0.717, 1.165) is 34.7 Å². The zero-order chi connectivity index (χ0) is 22.0. The van der Waals surface area contributed by atoms with Gasteiger partial charge in [0.15, 0.2) is 9.84 Å². The molecule has 0 radical (unpaired) electrons. The smallest absolute Gasteiger partial charge is 0.175 e. The average Bonchev–Trinajstić information content (AvgIpc) is 3.15. The third kappa shape index (κ3) is 4.52. The van der Waals surface area contributed by atoms with Gasteiger partial charge in [-0.2, -0.15) is 5.10 Å². The molecule has 0 bridgehead atoms. The van der Waals surface area contributed by atoms with E-state index in [4.69, 9.17) is 4.74 Å². The normalized spacial score (nSPS) is 11.5. The molecule has 1 heterocycles. The van der Waals surface area contributed by atoms with Crippen LogP contribution in [-0.4, -0.2) is 29.6 Å². The summed E-state index contributed by atoms with van der Waals surface area (Å²) in [4.78, 5) is 0.117. The van der Waals surface area contributed by atoms with Crippen molar-refractivity contribution in [2.24, 2.45) is 0 Å². The second kappa shape index (κ2) is 8.37. The predicted molar refractivity (Wildman–Crippen MR) is 119 cm³/mol. The van der Waals surface area contributed by atoms with Gasteiger partial charge in [0.2, 0.25) is 0 Å². The Kier molecular flexibility index (Phi) is 5.63. The molecule has 0 atom stereocenters. The number of sulfone groups is 1. The summed E-state index contributed by atoms with van der Waals surface area (Å²) in [6.07, 6.45) is 1.13. The van der Waals surface area contributed by atoms with Crippen LogP contribution < -0.4 is 4.74 Å². The number of aromatic nitrogens is 2. The first kappa shape index (κ1) is 20.8. The molecule has 0 aliphatic carbocycles. The molecule has 0 aliphatic rings. The van der Waals surface area contributed by atoms with Crippen LogP contribution in [0, 0.1) is 6.92 Å². The van der Waals surface area contributed by atoms with Crippen molar-refractivity contribution in [3.8, 4) is 28.4 Å². The third-order valence-corrected chi connectivity index (χ3v) is 6.02. The number of benzene rings is 3. The van der Waals surface area contributed by atoms with Crippen molar-refractivity contribution in [1.82, 2.24) is 9.78 Å². The first-order valence-corrected chi connectivity index (χ1v) is 11.6. The van der Waals surface area contributed by atoms with Gasteiger partial charge in [-0.3, -0.25) is 0 Å². The number of para-hydroxylation sites is 1. The SMILES string of the molecule is Cc1cc(-c2ccc(Oc3ccccc3)cc2)n(-c2ccc(S(C)(=O)=O)c(CO)c2)n1. The Morgan fingerprint density at radius 1 is 0.935 bits per heavy atom. The molecule has 6 nitrogen and oxygen atoms in total. The summed E-state index contributed by atoms with van der Waals surface area (Å²) in [5.74, 6) is 1.48. The van der Waals surface area contributed by atoms with Crippen LogP contribution >= 0.6 is 0 Å². The summed E-state index contributed by atoms with van der Waals surface area (Å²) in [6, 6.07) is 24.0. The van der Waals surface area contributed by atoms with Crippen LogP contribution in [0.15, 0.2) is 83.8 Å². The monoisotopic (exact) mass is 434 g/mol. The van der Waals surface area contributed by atoms with E-state index >= 15 is 0 Å². The largest absolute Gasteiger partial charge is 0.457 e. The summed E-state index contributed by atoms with van der Waals surface area (Å²) in [5.41, 5.74) is 3.60. The molecule has 0 unspecified atom stereocenters. The van der Waals surface area contributed by atoms with Gasteiger partial charge in [0.05, 0.1) is 28.6 Å². The molecule has 1 N–H and O–H groups in total. The summed E-state index contributed by atoms with van der Waals surface area (Å²) in [7, 11) is -3.44. The highest BCUT2D eigenvalue weighted by atomic mass is 32.2.